The first-order chi connectivity index (χ1) is 6.76. The summed E-state index contributed by atoms with van der Waals surface area (Å²) < 4.78 is 0. The van der Waals surface area contributed by atoms with Crippen molar-refractivity contribution in [3.8, 4) is 0 Å². The summed E-state index contributed by atoms with van der Waals surface area (Å²) in [6.45, 7) is 7.33. The van der Waals surface area contributed by atoms with Crippen LogP contribution >= 0.6 is 0 Å². The SMILES string of the molecule is CC(=O)NC(C)[C@@H]1C[C@H](C(=O)O)C1(C)C. The molecule has 3 atom stereocenters. The van der Waals surface area contributed by atoms with Crippen LogP contribution in [0, 0.1) is 17.3 Å². The average molecular weight is 213 g/mol. The van der Waals surface area contributed by atoms with Gasteiger partial charge in [0.05, 0.1) is 5.92 Å². The molecule has 0 aromatic carbocycles. The van der Waals surface area contributed by atoms with Crippen LogP contribution in [0.25, 0.3) is 0 Å². The van der Waals surface area contributed by atoms with Gasteiger partial charge in [0.25, 0.3) is 0 Å². The largest absolute Gasteiger partial charge is 0.481 e. The molecule has 0 saturated heterocycles. The number of nitrogens with one attached hydrogen (secondary N) is 1. The molecule has 1 aliphatic carbocycles. The Morgan fingerprint density at radius 2 is 2.00 bits per heavy atom. The maximum Gasteiger partial charge on any atom is 0.307 e. The minimum atomic E-state index is -0.730. The molecule has 4 heteroatoms. The fourth-order valence-corrected chi connectivity index (χ4v) is 2.65. The lowest BCUT2D eigenvalue weighted by atomic mass is 9.53. The summed E-state index contributed by atoms with van der Waals surface area (Å²) in [5, 5.41) is 11.8. The molecule has 1 saturated carbocycles. The van der Waals surface area contributed by atoms with Gasteiger partial charge in [0, 0.05) is 13.0 Å². The van der Waals surface area contributed by atoms with Gasteiger partial charge < -0.3 is 10.4 Å². The van der Waals surface area contributed by atoms with Gasteiger partial charge in [-0.15, -0.1) is 0 Å². The molecule has 1 amide bonds. The van der Waals surface area contributed by atoms with Crippen molar-refractivity contribution < 1.29 is 14.7 Å². The molecule has 1 fully saturated rings. The van der Waals surface area contributed by atoms with Crippen LogP contribution in [0.1, 0.15) is 34.1 Å². The normalized spacial score (nSPS) is 30.1. The summed E-state index contributed by atoms with van der Waals surface area (Å²) in [4.78, 5) is 21.8. The smallest absolute Gasteiger partial charge is 0.307 e. The zero-order valence-corrected chi connectivity index (χ0v) is 9.70. The van der Waals surface area contributed by atoms with E-state index >= 15 is 0 Å². The molecule has 0 aliphatic heterocycles. The molecule has 0 radical (unpaired) electrons. The van der Waals surface area contributed by atoms with Crippen molar-refractivity contribution in [3.63, 3.8) is 0 Å². The Kier molecular flexibility index (Phi) is 3.07. The number of amides is 1. The molecule has 1 rings (SSSR count). The predicted molar refractivity (Wildman–Crippen MR) is 56.3 cm³/mol. The summed E-state index contributed by atoms with van der Waals surface area (Å²) in [7, 11) is 0. The van der Waals surface area contributed by atoms with Gasteiger partial charge in [0.1, 0.15) is 0 Å². The summed E-state index contributed by atoms with van der Waals surface area (Å²) in [6.07, 6.45) is 0.657. The quantitative estimate of drug-likeness (QED) is 0.741. The highest BCUT2D eigenvalue weighted by Gasteiger charge is 2.53. The second-order valence-corrected chi connectivity index (χ2v) is 5.04. The van der Waals surface area contributed by atoms with Crippen LogP contribution in [0.5, 0.6) is 0 Å². The summed E-state index contributed by atoms with van der Waals surface area (Å²) >= 11 is 0. The van der Waals surface area contributed by atoms with Crippen molar-refractivity contribution in [3.05, 3.63) is 0 Å². The van der Waals surface area contributed by atoms with E-state index in [4.69, 9.17) is 5.11 Å². The number of aliphatic carboxylic acids is 1. The van der Waals surface area contributed by atoms with Crippen LogP contribution in [0.15, 0.2) is 0 Å². The van der Waals surface area contributed by atoms with Crippen molar-refractivity contribution in [2.45, 2.75) is 40.2 Å². The number of carboxylic acid groups (broad SMARTS) is 1. The molecular formula is C11H19NO3. The number of carbonyl (C=O) groups is 2. The Morgan fingerprint density at radius 3 is 2.33 bits per heavy atom. The van der Waals surface area contributed by atoms with Crippen molar-refractivity contribution in [2.24, 2.45) is 17.3 Å². The summed E-state index contributed by atoms with van der Waals surface area (Å²) in [5.41, 5.74) is -0.228. The molecule has 1 unspecified atom stereocenters. The Balaban J connectivity index is 2.62. The van der Waals surface area contributed by atoms with Crippen LogP contribution in [-0.2, 0) is 9.59 Å². The van der Waals surface area contributed by atoms with Gasteiger partial charge in [-0.1, -0.05) is 13.8 Å². The number of hydrogen-bond donors (Lipinski definition) is 2. The number of hydrogen-bond acceptors (Lipinski definition) is 2. The zero-order valence-electron chi connectivity index (χ0n) is 9.70. The first-order valence-corrected chi connectivity index (χ1v) is 5.26. The molecule has 4 nitrogen and oxygen atoms in total. The lowest BCUT2D eigenvalue weighted by molar-refractivity contribution is -0.160. The van der Waals surface area contributed by atoms with E-state index in [2.05, 4.69) is 5.32 Å². The lowest BCUT2D eigenvalue weighted by Crippen LogP contribution is -2.56. The van der Waals surface area contributed by atoms with E-state index in [1.54, 1.807) is 0 Å². The first-order valence-electron chi connectivity index (χ1n) is 5.26. The van der Waals surface area contributed by atoms with E-state index in [0.29, 0.717) is 6.42 Å². The molecule has 0 heterocycles. The molecule has 1 aliphatic rings. The van der Waals surface area contributed by atoms with Crippen molar-refractivity contribution in [2.75, 3.05) is 0 Å². The second-order valence-electron chi connectivity index (χ2n) is 5.04. The molecule has 0 aromatic rings. The van der Waals surface area contributed by atoms with Gasteiger partial charge in [-0.3, -0.25) is 9.59 Å². The van der Waals surface area contributed by atoms with E-state index in [0.717, 1.165) is 0 Å². The standard InChI is InChI=1S/C11H19NO3/c1-6(12-7(2)13)8-5-9(10(14)15)11(8,3)4/h6,8-9H,5H2,1-4H3,(H,12,13)(H,14,15)/t6?,8-,9+/m0/s1. The average Bonchev–Trinajstić information content (AvgIpc) is 1.99. The van der Waals surface area contributed by atoms with E-state index in [-0.39, 0.29) is 29.2 Å². The highest BCUT2D eigenvalue weighted by molar-refractivity contribution is 5.74. The van der Waals surface area contributed by atoms with E-state index in [9.17, 15) is 9.59 Å². The first kappa shape index (κ1) is 12.0. The number of carbonyl (C=O) groups excluding carboxylic acids is 1. The third-order valence-electron chi connectivity index (χ3n) is 3.68. The molecule has 15 heavy (non-hydrogen) atoms. The fourth-order valence-electron chi connectivity index (χ4n) is 2.65. The van der Waals surface area contributed by atoms with E-state index in [1.165, 1.54) is 6.92 Å². The highest BCUT2D eigenvalue weighted by atomic mass is 16.4. The molecule has 0 aromatic heterocycles. The molecule has 0 spiro atoms. The molecule has 2 N–H and O–H groups in total. The van der Waals surface area contributed by atoms with Crippen LogP contribution in [0.2, 0.25) is 0 Å². The Morgan fingerprint density at radius 1 is 1.47 bits per heavy atom. The van der Waals surface area contributed by atoms with Crippen LogP contribution in [0.3, 0.4) is 0 Å². The van der Waals surface area contributed by atoms with Crippen molar-refractivity contribution >= 4 is 11.9 Å². The van der Waals surface area contributed by atoms with E-state index < -0.39 is 5.97 Å². The van der Waals surface area contributed by atoms with Gasteiger partial charge in [-0.2, -0.15) is 0 Å². The fraction of sp³-hybridized carbons (Fsp3) is 0.818. The topological polar surface area (TPSA) is 66.4 Å². The van der Waals surface area contributed by atoms with Crippen LogP contribution < -0.4 is 5.32 Å². The maximum atomic E-state index is 10.9. The van der Waals surface area contributed by atoms with Crippen molar-refractivity contribution in [1.29, 1.82) is 0 Å². The molecule has 0 bridgehead atoms. The maximum absolute atomic E-state index is 10.9. The monoisotopic (exact) mass is 213 g/mol. The third kappa shape index (κ3) is 2.13. The number of rotatable bonds is 3. The van der Waals surface area contributed by atoms with Gasteiger partial charge in [-0.25, -0.2) is 0 Å². The second kappa shape index (κ2) is 3.83. The minimum absolute atomic E-state index is 0.0492. The Bertz CT molecular complexity index is 286. The third-order valence-corrected chi connectivity index (χ3v) is 3.68. The van der Waals surface area contributed by atoms with Crippen LogP contribution in [0.4, 0.5) is 0 Å². The van der Waals surface area contributed by atoms with Gasteiger partial charge in [-0.05, 0) is 24.7 Å². The summed E-state index contributed by atoms with van der Waals surface area (Å²) in [6, 6.07) is 0.0492. The van der Waals surface area contributed by atoms with Gasteiger partial charge in [0.2, 0.25) is 5.91 Å². The van der Waals surface area contributed by atoms with E-state index in [1.807, 2.05) is 20.8 Å². The zero-order chi connectivity index (χ0) is 11.8. The van der Waals surface area contributed by atoms with Crippen molar-refractivity contribution in [1.82, 2.24) is 5.32 Å². The minimum Gasteiger partial charge on any atom is -0.481 e. The summed E-state index contributed by atoms with van der Waals surface area (Å²) in [5.74, 6) is -0.815. The predicted octanol–water partition coefficient (Wildman–Crippen LogP) is 1.26. The highest BCUT2D eigenvalue weighted by Crippen LogP contribution is 2.52. The van der Waals surface area contributed by atoms with Gasteiger partial charge >= 0.3 is 5.97 Å². The Labute approximate surface area is 90.0 Å². The Hall–Kier alpha value is -1.06. The van der Waals surface area contributed by atoms with Crippen LogP contribution in [-0.4, -0.2) is 23.0 Å². The van der Waals surface area contributed by atoms with Gasteiger partial charge in [0.15, 0.2) is 0 Å². The lowest BCUT2D eigenvalue weighted by Gasteiger charge is -2.52. The number of carboxylic acids is 1. The molecular weight excluding hydrogens is 194 g/mol. The molecule has 86 valence electrons.